The van der Waals surface area contributed by atoms with Gasteiger partial charge in [-0.2, -0.15) is 11.3 Å². The third-order valence-electron chi connectivity index (χ3n) is 6.36. The fourth-order valence-electron chi connectivity index (χ4n) is 4.61. The molecule has 4 heterocycles. The Labute approximate surface area is 206 Å². The van der Waals surface area contributed by atoms with E-state index in [2.05, 4.69) is 41.8 Å². The quantitative estimate of drug-likeness (QED) is 0.356. The number of hydrogen-bond acceptors (Lipinski definition) is 6. The molecule has 2 aromatic carbocycles. The zero-order valence-electron chi connectivity index (χ0n) is 18.7. The highest BCUT2D eigenvalue weighted by Crippen LogP contribution is 2.42. The minimum absolute atomic E-state index is 0.0155. The fraction of sp³-hybridized carbons (Fsp3) is 0.296. The lowest BCUT2D eigenvalue weighted by Crippen LogP contribution is -2.33. The molecule has 0 radical (unpaired) electrons. The second-order valence-electron chi connectivity index (χ2n) is 8.68. The molecule has 4 aromatic rings. The van der Waals surface area contributed by atoms with Crippen molar-refractivity contribution in [3.8, 4) is 22.6 Å². The first-order valence-electron chi connectivity index (χ1n) is 11.5. The predicted molar refractivity (Wildman–Crippen MR) is 136 cm³/mol. The summed E-state index contributed by atoms with van der Waals surface area (Å²) in [7, 11) is 0. The van der Waals surface area contributed by atoms with Crippen molar-refractivity contribution in [1.82, 2.24) is 4.90 Å². The molecule has 1 amide bonds. The molecule has 0 saturated carbocycles. The van der Waals surface area contributed by atoms with Crippen LogP contribution in [-0.4, -0.2) is 43.3 Å². The van der Waals surface area contributed by atoms with Crippen molar-refractivity contribution in [1.29, 1.82) is 0 Å². The molecule has 0 unspecified atom stereocenters. The molecule has 2 aliphatic rings. The summed E-state index contributed by atoms with van der Waals surface area (Å²) in [5.41, 5.74) is 4.30. The van der Waals surface area contributed by atoms with E-state index in [9.17, 15) is 4.79 Å². The van der Waals surface area contributed by atoms with Gasteiger partial charge in [0.15, 0.2) is 11.5 Å². The molecule has 0 spiro atoms. The highest BCUT2D eigenvalue weighted by Gasteiger charge is 2.26. The van der Waals surface area contributed by atoms with Gasteiger partial charge in [-0.25, -0.2) is 0 Å². The van der Waals surface area contributed by atoms with E-state index in [4.69, 9.17) is 14.2 Å². The minimum Gasteiger partial charge on any atom is -0.487 e. The van der Waals surface area contributed by atoms with Gasteiger partial charge in [-0.3, -0.25) is 4.79 Å². The van der Waals surface area contributed by atoms with Crippen LogP contribution in [0.2, 0.25) is 0 Å². The number of ether oxygens (including phenoxy) is 3. The summed E-state index contributed by atoms with van der Waals surface area (Å²) in [6.07, 6.45) is 1.30. The standard InChI is InChI=1S/C27H25NO4S2/c29-26(11-18-6-10-33-16-18)28-7-9-31-27-20(14-28)12-19(13-24(27)32-21-5-8-30-15-21)23-17-34-25-4-2-1-3-22(23)25/h1-4,6,10,12-13,16-17,21H,5,7-9,11,14-15H2/t21-/m1/s1. The number of benzene rings is 2. The molecule has 6 rings (SSSR count). The smallest absolute Gasteiger partial charge is 0.227 e. The van der Waals surface area contributed by atoms with Gasteiger partial charge in [0.2, 0.25) is 5.91 Å². The third-order valence-corrected chi connectivity index (χ3v) is 8.06. The van der Waals surface area contributed by atoms with E-state index in [1.54, 1.807) is 22.7 Å². The molecule has 0 aliphatic carbocycles. The maximum atomic E-state index is 13.1. The van der Waals surface area contributed by atoms with E-state index in [-0.39, 0.29) is 12.0 Å². The van der Waals surface area contributed by atoms with E-state index in [0.29, 0.717) is 39.3 Å². The molecule has 174 valence electrons. The number of carbonyl (C=O) groups excluding carboxylic acids is 1. The van der Waals surface area contributed by atoms with Crippen LogP contribution in [0.4, 0.5) is 0 Å². The van der Waals surface area contributed by atoms with E-state index < -0.39 is 0 Å². The molecule has 1 fully saturated rings. The van der Waals surface area contributed by atoms with Crippen LogP contribution in [-0.2, 0) is 22.5 Å². The van der Waals surface area contributed by atoms with E-state index in [0.717, 1.165) is 34.6 Å². The number of amides is 1. The Balaban J connectivity index is 1.38. The number of nitrogens with zero attached hydrogens (tertiary/aromatic N) is 1. The van der Waals surface area contributed by atoms with Gasteiger partial charge in [0.1, 0.15) is 12.7 Å². The summed E-state index contributed by atoms with van der Waals surface area (Å²) in [4.78, 5) is 15.0. The topological polar surface area (TPSA) is 48.0 Å². The first-order valence-corrected chi connectivity index (χ1v) is 13.4. The van der Waals surface area contributed by atoms with Crippen LogP contribution in [0.1, 0.15) is 17.5 Å². The normalized spacial score (nSPS) is 17.9. The average molecular weight is 492 g/mol. The van der Waals surface area contributed by atoms with Crippen LogP contribution in [0.5, 0.6) is 11.5 Å². The summed E-state index contributed by atoms with van der Waals surface area (Å²) in [5.74, 6) is 1.61. The zero-order valence-corrected chi connectivity index (χ0v) is 20.3. The molecule has 7 heteroatoms. The second kappa shape index (κ2) is 9.41. The summed E-state index contributed by atoms with van der Waals surface area (Å²) < 4.78 is 19.4. The maximum absolute atomic E-state index is 13.1. The summed E-state index contributed by atoms with van der Waals surface area (Å²) in [6, 6.07) is 14.7. The Bertz CT molecular complexity index is 1310. The first kappa shape index (κ1) is 21.6. The number of thiophene rings is 2. The Morgan fingerprint density at radius 2 is 2.09 bits per heavy atom. The number of fused-ring (bicyclic) bond motifs is 2. The molecule has 5 nitrogen and oxygen atoms in total. The van der Waals surface area contributed by atoms with Crippen LogP contribution < -0.4 is 9.47 Å². The van der Waals surface area contributed by atoms with Crippen LogP contribution in [0.15, 0.2) is 58.6 Å². The molecule has 2 aromatic heterocycles. The van der Waals surface area contributed by atoms with E-state index >= 15 is 0 Å². The van der Waals surface area contributed by atoms with Gasteiger partial charge < -0.3 is 19.1 Å². The Morgan fingerprint density at radius 1 is 1.15 bits per heavy atom. The third kappa shape index (κ3) is 4.31. The van der Waals surface area contributed by atoms with Gasteiger partial charge in [0, 0.05) is 34.2 Å². The molecular weight excluding hydrogens is 466 g/mol. The molecular formula is C27H25NO4S2. The van der Waals surface area contributed by atoms with Crippen LogP contribution in [0, 0.1) is 0 Å². The van der Waals surface area contributed by atoms with Crippen molar-refractivity contribution in [2.75, 3.05) is 26.4 Å². The van der Waals surface area contributed by atoms with Gasteiger partial charge in [-0.1, -0.05) is 18.2 Å². The molecule has 2 aliphatic heterocycles. The highest BCUT2D eigenvalue weighted by atomic mass is 32.1. The fourth-order valence-corrected chi connectivity index (χ4v) is 6.24. The first-order chi connectivity index (χ1) is 16.7. The molecule has 0 N–H and O–H groups in total. The van der Waals surface area contributed by atoms with Crippen LogP contribution in [0.25, 0.3) is 21.2 Å². The molecule has 1 atom stereocenters. The Morgan fingerprint density at radius 3 is 2.94 bits per heavy atom. The van der Waals surface area contributed by atoms with Gasteiger partial charge in [-0.05, 0) is 51.5 Å². The average Bonchev–Trinajstić information content (AvgIpc) is 3.60. The van der Waals surface area contributed by atoms with Gasteiger partial charge >= 0.3 is 0 Å². The molecule has 34 heavy (non-hydrogen) atoms. The van der Waals surface area contributed by atoms with Crippen LogP contribution >= 0.6 is 22.7 Å². The SMILES string of the molecule is O=C(Cc1ccsc1)N1CCOc2c(cc(-c3csc4ccccc34)cc2O[C@@H]2CCOC2)C1. The summed E-state index contributed by atoms with van der Waals surface area (Å²) in [5, 5.41) is 7.47. The number of rotatable bonds is 5. The van der Waals surface area contributed by atoms with Crippen LogP contribution in [0.3, 0.4) is 0 Å². The lowest BCUT2D eigenvalue weighted by Gasteiger charge is -2.21. The van der Waals surface area contributed by atoms with E-state index in [1.807, 2.05) is 21.7 Å². The van der Waals surface area contributed by atoms with Crippen molar-refractivity contribution < 1.29 is 19.0 Å². The number of hydrogen-bond donors (Lipinski definition) is 0. The van der Waals surface area contributed by atoms with Crippen molar-refractivity contribution in [2.45, 2.75) is 25.5 Å². The summed E-state index contributed by atoms with van der Waals surface area (Å²) >= 11 is 3.36. The lowest BCUT2D eigenvalue weighted by molar-refractivity contribution is -0.131. The van der Waals surface area contributed by atoms with Crippen molar-refractivity contribution in [3.63, 3.8) is 0 Å². The summed E-state index contributed by atoms with van der Waals surface area (Å²) in [6.45, 7) is 2.81. The van der Waals surface area contributed by atoms with Gasteiger partial charge in [-0.15, -0.1) is 11.3 Å². The van der Waals surface area contributed by atoms with E-state index in [1.165, 1.54) is 15.6 Å². The van der Waals surface area contributed by atoms with Crippen molar-refractivity contribution in [3.05, 3.63) is 69.7 Å². The highest BCUT2D eigenvalue weighted by molar-refractivity contribution is 7.17. The van der Waals surface area contributed by atoms with Gasteiger partial charge in [0.05, 0.1) is 26.2 Å². The largest absolute Gasteiger partial charge is 0.487 e. The Kier molecular flexibility index (Phi) is 5.99. The predicted octanol–water partition coefficient (Wildman–Crippen LogP) is 5.76. The molecule has 1 saturated heterocycles. The Hall–Kier alpha value is -2.87. The lowest BCUT2D eigenvalue weighted by atomic mass is 10.0. The monoisotopic (exact) mass is 491 g/mol. The van der Waals surface area contributed by atoms with Gasteiger partial charge in [0.25, 0.3) is 0 Å². The maximum Gasteiger partial charge on any atom is 0.227 e. The minimum atomic E-state index is 0.0155. The molecule has 0 bridgehead atoms. The van der Waals surface area contributed by atoms with Crippen molar-refractivity contribution in [2.24, 2.45) is 0 Å². The zero-order chi connectivity index (χ0) is 22.9. The number of carbonyl (C=O) groups is 1. The van der Waals surface area contributed by atoms with Crippen molar-refractivity contribution >= 4 is 38.7 Å². The second-order valence-corrected chi connectivity index (χ2v) is 10.4.